The molecule has 22 heavy (non-hydrogen) atoms. The molecule has 1 amide bonds. The number of hydrogen-bond donors (Lipinski definition) is 1. The van der Waals surface area contributed by atoms with Crippen molar-refractivity contribution in [2.75, 3.05) is 0 Å². The molecule has 0 radical (unpaired) electrons. The highest BCUT2D eigenvalue weighted by molar-refractivity contribution is 5.96. The van der Waals surface area contributed by atoms with Gasteiger partial charge in [0.1, 0.15) is 11.5 Å². The smallest absolute Gasteiger partial charge is 0.416 e. The summed E-state index contributed by atoms with van der Waals surface area (Å²) in [4.78, 5) is 12.0. The van der Waals surface area contributed by atoms with Gasteiger partial charge in [-0.2, -0.15) is 13.2 Å². The standard InChI is InChI=1S/C16H16F3NO2/c1-9(2)20-15(21)13-8-14(22-10(13)3)11-5-4-6-12(7-11)16(17,18)19/h4-9H,1-3H3,(H,20,21). The molecule has 6 heteroatoms. The molecule has 2 aromatic rings. The number of hydrogen-bond acceptors (Lipinski definition) is 2. The molecule has 0 aliphatic carbocycles. The number of alkyl halides is 3. The average molecular weight is 311 g/mol. The largest absolute Gasteiger partial charge is 0.461 e. The van der Waals surface area contributed by atoms with Gasteiger partial charge in [-0.25, -0.2) is 0 Å². The molecule has 0 unspecified atom stereocenters. The maximum Gasteiger partial charge on any atom is 0.416 e. The Morgan fingerprint density at radius 3 is 2.50 bits per heavy atom. The minimum absolute atomic E-state index is 0.0428. The Labute approximate surface area is 126 Å². The van der Waals surface area contributed by atoms with Crippen molar-refractivity contribution in [3.63, 3.8) is 0 Å². The minimum Gasteiger partial charge on any atom is -0.461 e. The molecule has 1 N–H and O–H groups in total. The Balaban J connectivity index is 2.37. The van der Waals surface area contributed by atoms with Crippen LogP contribution in [0.3, 0.4) is 0 Å². The topological polar surface area (TPSA) is 42.2 Å². The van der Waals surface area contributed by atoms with E-state index in [2.05, 4.69) is 5.32 Å². The fourth-order valence-corrected chi connectivity index (χ4v) is 2.04. The highest BCUT2D eigenvalue weighted by atomic mass is 19.4. The SMILES string of the molecule is Cc1oc(-c2cccc(C(F)(F)F)c2)cc1C(=O)NC(C)C. The molecular weight excluding hydrogens is 295 g/mol. The average Bonchev–Trinajstić information content (AvgIpc) is 2.79. The summed E-state index contributed by atoms with van der Waals surface area (Å²) >= 11 is 0. The van der Waals surface area contributed by atoms with E-state index in [9.17, 15) is 18.0 Å². The third kappa shape index (κ3) is 3.50. The molecule has 0 aliphatic rings. The van der Waals surface area contributed by atoms with Crippen molar-refractivity contribution in [3.05, 3.63) is 47.2 Å². The first-order valence-electron chi connectivity index (χ1n) is 6.77. The van der Waals surface area contributed by atoms with E-state index in [-0.39, 0.29) is 23.3 Å². The van der Waals surface area contributed by atoms with Gasteiger partial charge in [0.25, 0.3) is 5.91 Å². The lowest BCUT2D eigenvalue weighted by molar-refractivity contribution is -0.137. The lowest BCUT2D eigenvalue weighted by Crippen LogP contribution is -2.30. The van der Waals surface area contributed by atoms with Crippen LogP contribution in [-0.4, -0.2) is 11.9 Å². The number of nitrogens with one attached hydrogen (secondary N) is 1. The Bertz CT molecular complexity index is 687. The first-order chi connectivity index (χ1) is 10.2. The number of carbonyl (C=O) groups is 1. The quantitative estimate of drug-likeness (QED) is 0.912. The van der Waals surface area contributed by atoms with Crippen molar-refractivity contribution in [1.29, 1.82) is 0 Å². The van der Waals surface area contributed by atoms with Gasteiger partial charge in [-0.15, -0.1) is 0 Å². The Morgan fingerprint density at radius 1 is 1.23 bits per heavy atom. The van der Waals surface area contributed by atoms with Gasteiger partial charge in [-0.1, -0.05) is 12.1 Å². The van der Waals surface area contributed by atoms with Crippen LogP contribution in [0.15, 0.2) is 34.7 Å². The van der Waals surface area contributed by atoms with E-state index < -0.39 is 11.7 Å². The summed E-state index contributed by atoms with van der Waals surface area (Å²) < 4.78 is 43.7. The lowest BCUT2D eigenvalue weighted by atomic mass is 10.1. The van der Waals surface area contributed by atoms with Crippen molar-refractivity contribution in [3.8, 4) is 11.3 Å². The fraction of sp³-hybridized carbons (Fsp3) is 0.312. The molecule has 0 fully saturated rings. The second-order valence-electron chi connectivity index (χ2n) is 5.29. The second-order valence-corrected chi connectivity index (χ2v) is 5.29. The summed E-state index contributed by atoms with van der Waals surface area (Å²) in [5.41, 5.74) is -0.158. The first kappa shape index (κ1) is 16.1. The molecule has 0 aliphatic heterocycles. The molecule has 0 saturated carbocycles. The van der Waals surface area contributed by atoms with Crippen LogP contribution in [0.25, 0.3) is 11.3 Å². The molecule has 2 rings (SSSR count). The van der Waals surface area contributed by atoms with Crippen molar-refractivity contribution in [2.24, 2.45) is 0 Å². The molecular formula is C16H16F3NO2. The van der Waals surface area contributed by atoms with Crippen LogP contribution in [0, 0.1) is 6.92 Å². The predicted molar refractivity (Wildman–Crippen MR) is 76.5 cm³/mol. The molecule has 0 bridgehead atoms. The van der Waals surface area contributed by atoms with Crippen LogP contribution in [0.2, 0.25) is 0 Å². The van der Waals surface area contributed by atoms with Crippen LogP contribution < -0.4 is 5.32 Å². The molecule has 0 saturated heterocycles. The predicted octanol–water partition coefficient (Wildman–Crippen LogP) is 4.41. The van der Waals surface area contributed by atoms with E-state index in [0.29, 0.717) is 11.3 Å². The van der Waals surface area contributed by atoms with Crippen molar-refractivity contribution < 1.29 is 22.4 Å². The number of furan rings is 1. The molecule has 1 aromatic heterocycles. The number of carbonyl (C=O) groups excluding carboxylic acids is 1. The molecule has 1 heterocycles. The highest BCUT2D eigenvalue weighted by Crippen LogP contribution is 2.33. The van der Waals surface area contributed by atoms with Gasteiger partial charge < -0.3 is 9.73 Å². The van der Waals surface area contributed by atoms with E-state index in [1.54, 1.807) is 6.92 Å². The van der Waals surface area contributed by atoms with E-state index in [0.717, 1.165) is 12.1 Å². The van der Waals surface area contributed by atoms with Crippen molar-refractivity contribution in [1.82, 2.24) is 5.32 Å². The highest BCUT2D eigenvalue weighted by Gasteiger charge is 2.30. The zero-order valence-electron chi connectivity index (χ0n) is 12.4. The van der Waals surface area contributed by atoms with Gasteiger partial charge in [0.2, 0.25) is 0 Å². The summed E-state index contributed by atoms with van der Waals surface area (Å²) in [6.07, 6.45) is -4.42. The summed E-state index contributed by atoms with van der Waals surface area (Å²) in [6.45, 7) is 5.24. The van der Waals surface area contributed by atoms with Gasteiger partial charge in [0, 0.05) is 11.6 Å². The van der Waals surface area contributed by atoms with Gasteiger partial charge in [-0.3, -0.25) is 4.79 Å². The lowest BCUT2D eigenvalue weighted by Gasteiger charge is -2.07. The third-order valence-electron chi connectivity index (χ3n) is 3.06. The van der Waals surface area contributed by atoms with Crippen LogP contribution >= 0.6 is 0 Å². The van der Waals surface area contributed by atoms with E-state index in [4.69, 9.17) is 4.42 Å². The molecule has 0 spiro atoms. The minimum atomic E-state index is -4.42. The van der Waals surface area contributed by atoms with Gasteiger partial charge in [-0.05, 0) is 39.0 Å². The number of amides is 1. The van der Waals surface area contributed by atoms with Gasteiger partial charge in [0.15, 0.2) is 0 Å². The Hall–Kier alpha value is -2.24. The monoisotopic (exact) mass is 311 g/mol. The van der Waals surface area contributed by atoms with E-state index >= 15 is 0 Å². The number of aryl methyl sites for hydroxylation is 1. The maximum atomic E-state index is 12.7. The first-order valence-corrected chi connectivity index (χ1v) is 6.77. The second kappa shape index (κ2) is 5.87. The Morgan fingerprint density at radius 2 is 1.91 bits per heavy atom. The summed E-state index contributed by atoms with van der Waals surface area (Å²) in [6, 6.07) is 6.23. The van der Waals surface area contributed by atoms with E-state index in [1.807, 2.05) is 13.8 Å². The number of rotatable bonds is 3. The summed E-state index contributed by atoms with van der Waals surface area (Å²) in [5.74, 6) is 0.289. The normalized spacial score (nSPS) is 11.8. The summed E-state index contributed by atoms with van der Waals surface area (Å²) in [5, 5.41) is 2.72. The third-order valence-corrected chi connectivity index (χ3v) is 3.06. The van der Waals surface area contributed by atoms with Crippen LogP contribution in [0.4, 0.5) is 13.2 Å². The zero-order valence-corrected chi connectivity index (χ0v) is 12.4. The summed E-state index contributed by atoms with van der Waals surface area (Å²) in [7, 11) is 0. The molecule has 118 valence electrons. The Kier molecular flexibility index (Phi) is 4.30. The number of benzene rings is 1. The van der Waals surface area contributed by atoms with Crippen LogP contribution in [0.5, 0.6) is 0 Å². The van der Waals surface area contributed by atoms with Gasteiger partial charge in [0.05, 0.1) is 11.1 Å². The molecule has 0 atom stereocenters. The fourth-order valence-electron chi connectivity index (χ4n) is 2.04. The maximum absolute atomic E-state index is 12.7. The van der Waals surface area contributed by atoms with Crippen LogP contribution in [0.1, 0.15) is 35.5 Å². The van der Waals surface area contributed by atoms with E-state index in [1.165, 1.54) is 18.2 Å². The molecule has 3 nitrogen and oxygen atoms in total. The number of halogens is 3. The zero-order chi connectivity index (χ0) is 16.5. The van der Waals surface area contributed by atoms with Gasteiger partial charge >= 0.3 is 6.18 Å². The molecule has 1 aromatic carbocycles. The van der Waals surface area contributed by atoms with Crippen molar-refractivity contribution >= 4 is 5.91 Å². The van der Waals surface area contributed by atoms with Crippen LogP contribution in [-0.2, 0) is 6.18 Å². The van der Waals surface area contributed by atoms with Crippen molar-refractivity contribution in [2.45, 2.75) is 33.0 Å².